The molecule has 6 heteroatoms. The van der Waals surface area contributed by atoms with Crippen molar-refractivity contribution in [2.75, 3.05) is 19.9 Å². The maximum atomic E-state index is 12.2. The van der Waals surface area contributed by atoms with Crippen LogP contribution in [0.15, 0.2) is 54.6 Å². The first-order valence-electron chi connectivity index (χ1n) is 8.42. The van der Waals surface area contributed by atoms with Gasteiger partial charge in [0.2, 0.25) is 6.79 Å². The molecule has 1 aliphatic rings. The van der Waals surface area contributed by atoms with Crippen molar-refractivity contribution in [3.05, 3.63) is 60.3 Å². The van der Waals surface area contributed by atoms with Crippen LogP contribution in [0, 0.1) is 11.8 Å². The molecule has 2 aromatic carbocycles. The topological polar surface area (TPSA) is 69.7 Å². The number of nitrogens with zero attached hydrogens (tertiary/aromatic N) is 1. The number of hydrogen-bond donors (Lipinski definition) is 1. The summed E-state index contributed by atoms with van der Waals surface area (Å²) in [6, 6.07) is 16.6. The van der Waals surface area contributed by atoms with Crippen LogP contribution in [-0.4, -0.2) is 30.8 Å². The Morgan fingerprint density at radius 1 is 1.07 bits per heavy atom. The van der Waals surface area contributed by atoms with Gasteiger partial charge < -0.3 is 19.5 Å². The molecule has 134 valence electrons. The minimum atomic E-state index is -0.258. The van der Waals surface area contributed by atoms with Crippen LogP contribution in [-0.2, 0) is 0 Å². The van der Waals surface area contributed by atoms with Crippen molar-refractivity contribution in [1.82, 2.24) is 10.3 Å². The number of ether oxygens (including phenoxy) is 3. The summed E-state index contributed by atoms with van der Waals surface area (Å²) in [5.41, 5.74) is 1.15. The molecule has 0 bridgehead atoms. The number of carbonyl (C=O) groups excluding carboxylic acids is 1. The fourth-order valence-corrected chi connectivity index (χ4v) is 2.61. The Morgan fingerprint density at radius 3 is 2.93 bits per heavy atom. The summed E-state index contributed by atoms with van der Waals surface area (Å²) in [5, 5.41) is 3.72. The lowest BCUT2D eigenvalue weighted by Crippen LogP contribution is -2.24. The van der Waals surface area contributed by atoms with E-state index in [2.05, 4.69) is 22.1 Å². The molecule has 1 aliphatic heterocycles. The molecule has 4 rings (SSSR count). The molecule has 3 aromatic rings. The quantitative estimate of drug-likeness (QED) is 0.725. The third kappa shape index (κ3) is 3.93. The summed E-state index contributed by atoms with van der Waals surface area (Å²) in [5.74, 6) is 7.48. The van der Waals surface area contributed by atoms with E-state index in [-0.39, 0.29) is 25.9 Å². The third-order valence-electron chi connectivity index (χ3n) is 3.95. The molecular weight excluding hydrogens is 344 g/mol. The van der Waals surface area contributed by atoms with Crippen LogP contribution >= 0.6 is 0 Å². The molecule has 0 saturated carbocycles. The summed E-state index contributed by atoms with van der Waals surface area (Å²) in [6.45, 7) is 0.659. The number of pyridine rings is 1. The van der Waals surface area contributed by atoms with Crippen molar-refractivity contribution in [2.45, 2.75) is 0 Å². The Hall–Kier alpha value is -3.72. The number of carbonyl (C=O) groups is 1. The number of benzene rings is 2. The Labute approximate surface area is 156 Å². The molecule has 1 amide bonds. The number of rotatable bonds is 4. The van der Waals surface area contributed by atoms with Gasteiger partial charge in [-0.2, -0.15) is 0 Å². The van der Waals surface area contributed by atoms with Gasteiger partial charge in [-0.05, 0) is 24.3 Å². The molecule has 0 spiro atoms. The van der Waals surface area contributed by atoms with Crippen LogP contribution in [0.2, 0.25) is 0 Å². The van der Waals surface area contributed by atoms with Gasteiger partial charge in [-0.1, -0.05) is 36.1 Å². The van der Waals surface area contributed by atoms with E-state index in [0.717, 1.165) is 10.9 Å². The number of aromatic nitrogens is 1. The highest BCUT2D eigenvalue weighted by Gasteiger charge is 2.13. The van der Waals surface area contributed by atoms with Crippen molar-refractivity contribution in [2.24, 2.45) is 0 Å². The van der Waals surface area contributed by atoms with Gasteiger partial charge in [0, 0.05) is 11.5 Å². The molecule has 0 atom stereocenters. The van der Waals surface area contributed by atoms with E-state index < -0.39 is 0 Å². The van der Waals surface area contributed by atoms with Gasteiger partial charge in [0.15, 0.2) is 11.5 Å². The molecule has 6 nitrogen and oxygen atoms in total. The first-order chi connectivity index (χ1) is 13.3. The largest absolute Gasteiger partial charge is 0.481 e. The molecular formula is C21H16N2O4. The Morgan fingerprint density at radius 2 is 1.96 bits per heavy atom. The lowest BCUT2D eigenvalue weighted by Gasteiger charge is -2.03. The molecule has 0 radical (unpaired) electrons. The van der Waals surface area contributed by atoms with Crippen LogP contribution in [0.3, 0.4) is 0 Å². The van der Waals surface area contributed by atoms with Gasteiger partial charge in [-0.15, -0.1) is 0 Å². The summed E-state index contributed by atoms with van der Waals surface area (Å²) >= 11 is 0. The van der Waals surface area contributed by atoms with E-state index in [9.17, 15) is 4.79 Å². The second-order valence-corrected chi connectivity index (χ2v) is 5.73. The molecule has 1 aromatic heterocycles. The first-order valence-corrected chi connectivity index (χ1v) is 8.42. The lowest BCUT2D eigenvalue weighted by atomic mass is 10.2. The van der Waals surface area contributed by atoms with E-state index in [0.29, 0.717) is 22.9 Å². The maximum Gasteiger partial charge on any atom is 0.270 e. The third-order valence-corrected chi connectivity index (χ3v) is 3.95. The highest BCUT2D eigenvalue weighted by molar-refractivity contribution is 5.94. The zero-order valence-corrected chi connectivity index (χ0v) is 14.4. The summed E-state index contributed by atoms with van der Waals surface area (Å²) in [4.78, 5) is 16.5. The Balaban J connectivity index is 1.26. The van der Waals surface area contributed by atoms with Gasteiger partial charge in [0.25, 0.3) is 5.91 Å². The molecule has 0 saturated heterocycles. The van der Waals surface area contributed by atoms with Crippen LogP contribution in [0.4, 0.5) is 0 Å². The number of hydrogen-bond acceptors (Lipinski definition) is 5. The van der Waals surface area contributed by atoms with Gasteiger partial charge >= 0.3 is 0 Å². The second kappa shape index (κ2) is 7.67. The van der Waals surface area contributed by atoms with Gasteiger partial charge in [-0.25, -0.2) is 4.98 Å². The van der Waals surface area contributed by atoms with Gasteiger partial charge in [0.05, 0.1) is 12.1 Å². The molecule has 2 heterocycles. The van der Waals surface area contributed by atoms with Crippen molar-refractivity contribution < 1.29 is 19.0 Å². The number of para-hydroxylation sites is 1. The van der Waals surface area contributed by atoms with Gasteiger partial charge in [0.1, 0.15) is 18.1 Å². The normalized spacial score (nSPS) is 11.6. The molecule has 0 fully saturated rings. The maximum absolute atomic E-state index is 12.2. The molecule has 1 N–H and O–H groups in total. The smallest absolute Gasteiger partial charge is 0.270 e. The van der Waals surface area contributed by atoms with Crippen LogP contribution < -0.4 is 19.5 Å². The van der Waals surface area contributed by atoms with E-state index in [1.54, 1.807) is 24.3 Å². The Bertz CT molecular complexity index is 1050. The minimum Gasteiger partial charge on any atom is -0.481 e. The molecule has 0 aliphatic carbocycles. The van der Waals surface area contributed by atoms with Crippen LogP contribution in [0.1, 0.15) is 10.5 Å². The zero-order chi connectivity index (χ0) is 18.5. The van der Waals surface area contributed by atoms with Gasteiger partial charge in [-0.3, -0.25) is 4.79 Å². The van der Waals surface area contributed by atoms with Crippen molar-refractivity contribution >= 4 is 16.8 Å². The van der Waals surface area contributed by atoms with Crippen LogP contribution in [0.25, 0.3) is 10.9 Å². The number of amides is 1. The Kier molecular flexibility index (Phi) is 4.75. The monoisotopic (exact) mass is 360 g/mol. The summed E-state index contributed by atoms with van der Waals surface area (Å²) in [6.07, 6.45) is 0. The molecule has 27 heavy (non-hydrogen) atoms. The highest BCUT2D eigenvalue weighted by Crippen LogP contribution is 2.34. The fourth-order valence-electron chi connectivity index (χ4n) is 2.61. The zero-order valence-electron chi connectivity index (χ0n) is 14.4. The summed E-state index contributed by atoms with van der Waals surface area (Å²) < 4.78 is 16.1. The highest BCUT2D eigenvalue weighted by atomic mass is 16.7. The van der Waals surface area contributed by atoms with E-state index >= 15 is 0 Å². The van der Waals surface area contributed by atoms with E-state index in [4.69, 9.17) is 14.2 Å². The minimum absolute atomic E-state index is 0.212. The van der Waals surface area contributed by atoms with E-state index in [1.807, 2.05) is 30.3 Å². The van der Waals surface area contributed by atoms with Crippen molar-refractivity contribution in [1.29, 1.82) is 0 Å². The van der Waals surface area contributed by atoms with Crippen LogP contribution in [0.5, 0.6) is 17.2 Å². The average Bonchev–Trinajstić information content (AvgIpc) is 3.18. The van der Waals surface area contributed by atoms with Crippen molar-refractivity contribution in [3.8, 4) is 29.1 Å². The number of nitrogens with one attached hydrogen (secondary N) is 1. The average molecular weight is 360 g/mol. The number of fused-ring (bicyclic) bond motifs is 2. The second-order valence-electron chi connectivity index (χ2n) is 5.73. The standard InChI is InChI=1S/C21H16N2O4/c24-21(18-9-7-15-5-1-2-6-17(15)23-18)22-11-3-4-12-25-16-8-10-19-20(13-16)27-14-26-19/h1-2,5-10,13H,11-12,14H2,(H,22,24). The lowest BCUT2D eigenvalue weighted by molar-refractivity contribution is 0.0954. The molecule has 0 unspecified atom stereocenters. The predicted molar refractivity (Wildman–Crippen MR) is 99.9 cm³/mol. The first kappa shape index (κ1) is 16.7. The predicted octanol–water partition coefficient (Wildman–Crippen LogP) is 2.78. The van der Waals surface area contributed by atoms with E-state index in [1.165, 1.54) is 0 Å². The fraction of sp³-hybridized carbons (Fsp3) is 0.143. The summed E-state index contributed by atoms with van der Waals surface area (Å²) in [7, 11) is 0. The van der Waals surface area contributed by atoms with Crippen molar-refractivity contribution in [3.63, 3.8) is 0 Å². The SMILES string of the molecule is O=C(NCC#CCOc1ccc2c(c1)OCO2)c1ccc2ccccc2n1.